The molecule has 0 aliphatic rings. The molecule has 1 aromatic heterocycles. The third-order valence-electron chi connectivity index (χ3n) is 4.33. The first-order valence-corrected chi connectivity index (χ1v) is 11.0. The molecule has 0 fully saturated rings. The highest BCUT2D eigenvalue weighted by Crippen LogP contribution is 2.26. The minimum Gasteiger partial charge on any atom is -0.461 e. The number of ether oxygens (including phenoxy) is 1. The van der Waals surface area contributed by atoms with E-state index in [1.807, 2.05) is 29.6 Å². The smallest absolute Gasteiger partial charge is 0.306 e. The lowest BCUT2D eigenvalue weighted by molar-refractivity contribution is -0.145. The fourth-order valence-electron chi connectivity index (χ4n) is 2.73. The van der Waals surface area contributed by atoms with Gasteiger partial charge in [-0.1, -0.05) is 18.2 Å². The molecule has 5 nitrogen and oxygen atoms in total. The number of esters is 1. The van der Waals surface area contributed by atoms with E-state index in [1.54, 1.807) is 11.3 Å². The van der Waals surface area contributed by atoms with E-state index in [4.69, 9.17) is 4.74 Å². The van der Waals surface area contributed by atoms with Crippen molar-refractivity contribution in [3.8, 4) is 0 Å². The predicted molar refractivity (Wildman–Crippen MR) is 107 cm³/mol. The summed E-state index contributed by atoms with van der Waals surface area (Å²) in [6.45, 7) is 0.364. The molecule has 0 atom stereocenters. The van der Waals surface area contributed by atoms with Gasteiger partial charge in [-0.15, -0.1) is 11.3 Å². The Labute approximate surface area is 167 Å². The van der Waals surface area contributed by atoms with Crippen molar-refractivity contribution < 1.29 is 22.3 Å². The monoisotopic (exact) mass is 421 g/mol. The zero-order valence-electron chi connectivity index (χ0n) is 15.3. The molecule has 0 saturated carbocycles. The lowest BCUT2D eigenvalue weighted by atomic mass is 10.2. The van der Waals surface area contributed by atoms with Crippen LogP contribution < -0.4 is 0 Å². The van der Waals surface area contributed by atoms with Gasteiger partial charge in [-0.3, -0.25) is 4.79 Å². The van der Waals surface area contributed by atoms with E-state index < -0.39 is 15.8 Å². The summed E-state index contributed by atoms with van der Waals surface area (Å²) in [5.74, 6) is -0.870. The molecular formula is C20H20FNO4S2. The van der Waals surface area contributed by atoms with Crippen molar-refractivity contribution >= 4 is 37.4 Å². The van der Waals surface area contributed by atoms with E-state index in [0.717, 1.165) is 32.1 Å². The first kappa shape index (κ1) is 20.4. The van der Waals surface area contributed by atoms with Gasteiger partial charge in [0, 0.05) is 30.3 Å². The third kappa shape index (κ3) is 4.76. The Hall–Kier alpha value is -2.29. The topological polar surface area (TPSA) is 63.7 Å². The largest absolute Gasteiger partial charge is 0.461 e. The summed E-state index contributed by atoms with van der Waals surface area (Å²) in [4.78, 5) is 12.0. The average molecular weight is 422 g/mol. The molecule has 0 radical (unpaired) electrons. The van der Waals surface area contributed by atoms with Gasteiger partial charge in [0.15, 0.2) is 0 Å². The van der Waals surface area contributed by atoms with Crippen LogP contribution in [0.4, 0.5) is 4.39 Å². The molecule has 2 aromatic carbocycles. The average Bonchev–Trinajstić information content (AvgIpc) is 3.10. The number of benzene rings is 2. The number of halogens is 1. The van der Waals surface area contributed by atoms with Crippen LogP contribution in [0.25, 0.3) is 10.1 Å². The first-order chi connectivity index (χ1) is 13.4. The van der Waals surface area contributed by atoms with Crippen molar-refractivity contribution in [2.75, 3.05) is 13.6 Å². The van der Waals surface area contributed by atoms with Gasteiger partial charge >= 0.3 is 5.97 Å². The van der Waals surface area contributed by atoms with E-state index in [2.05, 4.69) is 0 Å². The molecule has 0 amide bonds. The zero-order valence-corrected chi connectivity index (χ0v) is 16.9. The normalized spacial score (nSPS) is 11.8. The molecule has 148 valence electrons. The lowest BCUT2D eigenvalue weighted by Crippen LogP contribution is -2.28. The number of hydrogen-bond acceptors (Lipinski definition) is 5. The molecule has 8 heteroatoms. The van der Waals surface area contributed by atoms with Crippen LogP contribution in [-0.4, -0.2) is 32.3 Å². The van der Waals surface area contributed by atoms with Crippen molar-refractivity contribution in [1.29, 1.82) is 0 Å². The Bertz CT molecular complexity index is 1060. The molecule has 1 heterocycles. The maximum Gasteiger partial charge on any atom is 0.306 e. The van der Waals surface area contributed by atoms with Crippen LogP contribution in [0.1, 0.15) is 18.4 Å². The lowest BCUT2D eigenvalue weighted by Gasteiger charge is -2.17. The molecule has 0 unspecified atom stereocenters. The van der Waals surface area contributed by atoms with Gasteiger partial charge in [0.1, 0.15) is 12.4 Å². The van der Waals surface area contributed by atoms with Gasteiger partial charge in [0.25, 0.3) is 0 Å². The summed E-state index contributed by atoms with van der Waals surface area (Å²) in [5, 5.41) is 3.05. The Morgan fingerprint density at radius 1 is 1.14 bits per heavy atom. The zero-order chi connectivity index (χ0) is 20.1. The van der Waals surface area contributed by atoms with Crippen LogP contribution in [0.5, 0.6) is 0 Å². The van der Waals surface area contributed by atoms with E-state index in [0.29, 0.717) is 6.42 Å². The van der Waals surface area contributed by atoms with Crippen LogP contribution in [0.2, 0.25) is 0 Å². The fourth-order valence-corrected chi connectivity index (χ4v) is 4.88. The molecule has 28 heavy (non-hydrogen) atoms. The standard InChI is InChI=1S/C20H20FNO4S2/c1-22(28(24,25)17-10-8-16(21)9-11-17)12-4-7-20(23)26-13-15-14-27-19-6-3-2-5-18(15)19/h2-3,5-6,8-11,14H,4,7,12-13H2,1H3. The Morgan fingerprint density at radius 2 is 1.86 bits per heavy atom. The number of nitrogens with zero attached hydrogens (tertiary/aromatic N) is 1. The van der Waals surface area contributed by atoms with Gasteiger partial charge in [-0.05, 0) is 47.5 Å². The highest BCUT2D eigenvalue weighted by Gasteiger charge is 2.20. The van der Waals surface area contributed by atoms with E-state index in [9.17, 15) is 17.6 Å². The van der Waals surface area contributed by atoms with Crippen molar-refractivity contribution in [2.45, 2.75) is 24.3 Å². The summed E-state index contributed by atoms with van der Waals surface area (Å²) in [5.41, 5.74) is 0.963. The van der Waals surface area contributed by atoms with Gasteiger partial charge in [0.2, 0.25) is 10.0 Å². The van der Waals surface area contributed by atoms with Gasteiger partial charge in [0.05, 0.1) is 4.90 Å². The SMILES string of the molecule is CN(CCCC(=O)OCc1csc2ccccc12)S(=O)(=O)c1ccc(F)cc1. The highest BCUT2D eigenvalue weighted by atomic mass is 32.2. The van der Waals surface area contributed by atoms with Crippen LogP contribution in [0, 0.1) is 5.82 Å². The van der Waals surface area contributed by atoms with E-state index >= 15 is 0 Å². The second-order valence-corrected chi connectivity index (χ2v) is 9.26. The highest BCUT2D eigenvalue weighted by molar-refractivity contribution is 7.89. The summed E-state index contributed by atoms with van der Waals surface area (Å²) < 4.78 is 45.4. The second-order valence-electron chi connectivity index (χ2n) is 6.30. The Kier molecular flexibility index (Phi) is 6.43. The number of sulfonamides is 1. The number of thiophene rings is 1. The van der Waals surface area contributed by atoms with Crippen molar-refractivity contribution in [3.63, 3.8) is 0 Å². The summed E-state index contributed by atoms with van der Waals surface area (Å²) in [7, 11) is -2.28. The number of carbonyl (C=O) groups excluding carboxylic acids is 1. The molecule has 0 saturated heterocycles. The van der Waals surface area contributed by atoms with Gasteiger partial charge in [-0.25, -0.2) is 17.1 Å². The molecular weight excluding hydrogens is 401 g/mol. The molecule has 0 spiro atoms. The summed E-state index contributed by atoms with van der Waals surface area (Å²) >= 11 is 1.60. The van der Waals surface area contributed by atoms with Crippen LogP contribution in [0.3, 0.4) is 0 Å². The van der Waals surface area contributed by atoms with E-state index in [1.165, 1.54) is 19.2 Å². The van der Waals surface area contributed by atoms with Crippen LogP contribution in [-0.2, 0) is 26.2 Å². The van der Waals surface area contributed by atoms with E-state index in [-0.39, 0.29) is 30.4 Å². The summed E-state index contributed by atoms with van der Waals surface area (Å²) in [6.07, 6.45) is 0.450. The van der Waals surface area contributed by atoms with Gasteiger partial charge in [-0.2, -0.15) is 0 Å². The van der Waals surface area contributed by atoms with Crippen molar-refractivity contribution in [3.05, 3.63) is 65.3 Å². The minimum atomic E-state index is -3.71. The first-order valence-electron chi connectivity index (χ1n) is 8.70. The Morgan fingerprint density at radius 3 is 2.61 bits per heavy atom. The maximum absolute atomic E-state index is 13.0. The predicted octanol–water partition coefficient (Wildman–Crippen LogP) is 4.18. The fraction of sp³-hybridized carbons (Fsp3) is 0.250. The van der Waals surface area contributed by atoms with Gasteiger partial charge < -0.3 is 4.74 Å². The maximum atomic E-state index is 13.0. The minimum absolute atomic E-state index is 0.0170. The molecule has 0 aliphatic carbocycles. The number of carbonyl (C=O) groups is 1. The number of rotatable bonds is 8. The molecule has 0 aliphatic heterocycles. The van der Waals surface area contributed by atoms with Crippen LogP contribution in [0.15, 0.2) is 58.8 Å². The second kappa shape index (κ2) is 8.81. The van der Waals surface area contributed by atoms with Crippen molar-refractivity contribution in [2.24, 2.45) is 0 Å². The van der Waals surface area contributed by atoms with Crippen molar-refractivity contribution in [1.82, 2.24) is 4.31 Å². The molecule has 3 rings (SSSR count). The molecule has 0 N–H and O–H groups in total. The third-order valence-corrected chi connectivity index (χ3v) is 7.21. The number of hydrogen-bond donors (Lipinski definition) is 0. The Balaban J connectivity index is 1.47. The number of fused-ring (bicyclic) bond motifs is 1. The molecule has 3 aromatic rings. The van der Waals surface area contributed by atoms with Crippen LogP contribution >= 0.6 is 11.3 Å². The summed E-state index contributed by atoms with van der Waals surface area (Å²) in [6, 6.07) is 12.6. The quantitative estimate of drug-likeness (QED) is 0.512. The molecule has 0 bridgehead atoms.